The minimum atomic E-state index is -5.01. The van der Waals surface area contributed by atoms with Crippen LogP contribution < -0.4 is 4.74 Å². The van der Waals surface area contributed by atoms with Crippen molar-refractivity contribution < 1.29 is 32.9 Å². The summed E-state index contributed by atoms with van der Waals surface area (Å²) in [7, 11) is 0. The number of hydrogen-bond donors (Lipinski definition) is 2. The molecule has 5 nitrogen and oxygen atoms in total. The topological polar surface area (TPSA) is 79.7 Å². The van der Waals surface area contributed by atoms with E-state index in [0.717, 1.165) is 6.07 Å². The van der Waals surface area contributed by atoms with Gasteiger partial charge in [0.15, 0.2) is 5.75 Å². The summed E-state index contributed by atoms with van der Waals surface area (Å²) in [5.74, 6) is -3.13. The highest BCUT2D eigenvalue weighted by molar-refractivity contribution is 9.08. The van der Waals surface area contributed by atoms with Crippen LogP contribution in [-0.2, 0) is 16.5 Å². The molecule has 2 N–H and O–H groups in total. The first-order chi connectivity index (χ1) is 8.23. The number of aromatic hydroxyl groups is 1. The number of carbonyl (C=O) groups is 1. The summed E-state index contributed by atoms with van der Waals surface area (Å²) in [4.78, 5) is 13.9. The van der Waals surface area contributed by atoms with Gasteiger partial charge in [-0.1, -0.05) is 15.9 Å². The maximum atomic E-state index is 12.0. The number of nitrogens with zero attached hydrogens (tertiary/aromatic N) is 1. The Morgan fingerprint density at radius 1 is 1.50 bits per heavy atom. The van der Waals surface area contributed by atoms with Crippen molar-refractivity contribution in [1.82, 2.24) is 4.98 Å². The monoisotopic (exact) mass is 329 g/mol. The highest BCUT2D eigenvalue weighted by atomic mass is 79.9. The third kappa shape index (κ3) is 4.06. The lowest BCUT2D eigenvalue weighted by atomic mass is 10.1. The zero-order chi connectivity index (χ0) is 13.9. The Kier molecular flexibility index (Phi) is 4.38. The third-order valence-corrected chi connectivity index (χ3v) is 2.42. The minimum Gasteiger partial charge on any atom is -0.503 e. The quantitative estimate of drug-likeness (QED) is 0.828. The van der Waals surface area contributed by atoms with Gasteiger partial charge in [0.25, 0.3) is 5.88 Å². The van der Waals surface area contributed by atoms with Crippen LogP contribution >= 0.6 is 15.9 Å². The number of aromatic nitrogens is 1. The van der Waals surface area contributed by atoms with Crippen LogP contribution in [0.15, 0.2) is 6.07 Å². The molecule has 0 aromatic carbocycles. The van der Waals surface area contributed by atoms with Gasteiger partial charge in [0, 0.05) is 5.33 Å². The van der Waals surface area contributed by atoms with Crippen molar-refractivity contribution in [2.24, 2.45) is 0 Å². The van der Waals surface area contributed by atoms with E-state index in [0.29, 0.717) is 0 Å². The maximum absolute atomic E-state index is 12.0. The molecular formula is C9H7BrF3NO4. The van der Waals surface area contributed by atoms with Crippen molar-refractivity contribution in [3.63, 3.8) is 0 Å². The molecule has 1 aromatic rings. The van der Waals surface area contributed by atoms with E-state index in [9.17, 15) is 23.1 Å². The summed E-state index contributed by atoms with van der Waals surface area (Å²) < 4.78 is 39.5. The molecule has 0 aliphatic rings. The molecule has 0 unspecified atom stereocenters. The number of hydrogen-bond acceptors (Lipinski definition) is 4. The van der Waals surface area contributed by atoms with Gasteiger partial charge in [-0.3, -0.25) is 4.79 Å². The standard InChI is InChI=1S/C9H7BrF3NO4/c10-3-4-1-6(15)8(18-9(11,12)13)14-5(4)2-7(16)17/h1,15H,2-3H2,(H,16,17). The fraction of sp³-hybridized carbons (Fsp3) is 0.333. The van der Waals surface area contributed by atoms with Crippen molar-refractivity contribution in [3.8, 4) is 11.6 Å². The second-order valence-electron chi connectivity index (χ2n) is 3.17. The Bertz CT molecular complexity index is 464. The van der Waals surface area contributed by atoms with Gasteiger partial charge in [-0.05, 0) is 11.6 Å². The van der Waals surface area contributed by atoms with E-state index < -0.39 is 30.4 Å². The number of halogens is 4. The largest absolute Gasteiger partial charge is 0.574 e. The van der Waals surface area contributed by atoms with E-state index in [1.165, 1.54) is 0 Å². The fourth-order valence-electron chi connectivity index (χ4n) is 1.16. The average molecular weight is 330 g/mol. The molecule has 18 heavy (non-hydrogen) atoms. The van der Waals surface area contributed by atoms with Crippen molar-refractivity contribution in [3.05, 3.63) is 17.3 Å². The van der Waals surface area contributed by atoms with E-state index >= 15 is 0 Å². The number of carboxylic acids is 1. The highest BCUT2D eigenvalue weighted by Gasteiger charge is 2.33. The summed E-state index contributed by atoms with van der Waals surface area (Å²) in [6, 6.07) is 0.973. The molecule has 0 aliphatic heterocycles. The lowest BCUT2D eigenvalue weighted by Crippen LogP contribution is -2.19. The van der Waals surface area contributed by atoms with Gasteiger partial charge in [-0.25, -0.2) is 4.98 Å². The molecule has 0 radical (unpaired) electrons. The minimum absolute atomic E-state index is 0.114. The van der Waals surface area contributed by atoms with E-state index in [2.05, 4.69) is 25.7 Å². The van der Waals surface area contributed by atoms with E-state index in [-0.39, 0.29) is 16.6 Å². The van der Waals surface area contributed by atoms with Crippen LogP contribution in [0.4, 0.5) is 13.2 Å². The first-order valence-corrected chi connectivity index (χ1v) is 5.60. The number of alkyl halides is 4. The van der Waals surface area contributed by atoms with Gasteiger partial charge in [0.05, 0.1) is 12.1 Å². The lowest BCUT2D eigenvalue weighted by molar-refractivity contribution is -0.276. The molecule has 0 saturated heterocycles. The van der Waals surface area contributed by atoms with Crippen LogP contribution in [0.3, 0.4) is 0 Å². The number of rotatable bonds is 4. The van der Waals surface area contributed by atoms with Crippen molar-refractivity contribution in [1.29, 1.82) is 0 Å². The number of pyridine rings is 1. The predicted octanol–water partition coefficient (Wildman–Crippen LogP) is 2.21. The zero-order valence-electron chi connectivity index (χ0n) is 8.66. The Morgan fingerprint density at radius 3 is 2.56 bits per heavy atom. The molecule has 0 fully saturated rings. The molecule has 0 atom stereocenters. The van der Waals surface area contributed by atoms with Crippen LogP contribution in [-0.4, -0.2) is 27.5 Å². The normalized spacial score (nSPS) is 11.3. The van der Waals surface area contributed by atoms with Gasteiger partial charge in [0.2, 0.25) is 0 Å². The van der Waals surface area contributed by atoms with Crippen molar-refractivity contribution >= 4 is 21.9 Å². The molecule has 1 heterocycles. The molecular weight excluding hydrogens is 323 g/mol. The molecule has 0 spiro atoms. The summed E-state index contributed by atoms with van der Waals surface area (Å²) in [6.07, 6.45) is -5.59. The number of carboxylic acid groups (broad SMARTS) is 1. The molecule has 100 valence electrons. The van der Waals surface area contributed by atoms with Gasteiger partial charge in [-0.15, -0.1) is 13.2 Å². The summed E-state index contributed by atoms with van der Waals surface area (Å²) in [6.45, 7) is 0. The Balaban J connectivity index is 3.16. The van der Waals surface area contributed by atoms with Crippen LogP contribution in [0.2, 0.25) is 0 Å². The van der Waals surface area contributed by atoms with Gasteiger partial charge in [-0.2, -0.15) is 0 Å². The second-order valence-corrected chi connectivity index (χ2v) is 3.73. The second kappa shape index (κ2) is 5.42. The highest BCUT2D eigenvalue weighted by Crippen LogP contribution is 2.31. The third-order valence-electron chi connectivity index (χ3n) is 1.81. The first-order valence-electron chi connectivity index (χ1n) is 4.48. The van der Waals surface area contributed by atoms with Crippen molar-refractivity contribution in [2.45, 2.75) is 18.1 Å². The predicted molar refractivity (Wildman–Crippen MR) is 56.6 cm³/mol. The van der Waals surface area contributed by atoms with Gasteiger partial charge < -0.3 is 14.9 Å². The smallest absolute Gasteiger partial charge is 0.503 e. The maximum Gasteiger partial charge on any atom is 0.574 e. The van der Waals surface area contributed by atoms with Crippen LogP contribution in [0.1, 0.15) is 11.3 Å². The van der Waals surface area contributed by atoms with Gasteiger partial charge >= 0.3 is 12.3 Å². The first kappa shape index (κ1) is 14.6. The van der Waals surface area contributed by atoms with E-state index in [1.807, 2.05) is 0 Å². The lowest BCUT2D eigenvalue weighted by Gasteiger charge is -2.12. The SMILES string of the molecule is O=C(O)Cc1nc(OC(F)(F)F)c(O)cc1CBr. The number of aliphatic carboxylic acids is 1. The number of ether oxygens (including phenoxy) is 1. The Hall–Kier alpha value is -1.51. The summed E-state index contributed by atoms with van der Waals surface area (Å²) in [5, 5.41) is 18.0. The molecule has 1 aromatic heterocycles. The summed E-state index contributed by atoms with van der Waals surface area (Å²) >= 11 is 3.01. The van der Waals surface area contributed by atoms with E-state index in [1.54, 1.807) is 0 Å². The average Bonchev–Trinajstić information content (AvgIpc) is 2.19. The molecule has 0 aliphatic carbocycles. The molecule has 0 amide bonds. The van der Waals surface area contributed by atoms with E-state index in [4.69, 9.17) is 5.11 Å². The van der Waals surface area contributed by atoms with Crippen LogP contribution in [0.25, 0.3) is 0 Å². The van der Waals surface area contributed by atoms with Crippen molar-refractivity contribution in [2.75, 3.05) is 0 Å². The molecule has 0 saturated carbocycles. The molecule has 0 bridgehead atoms. The fourth-order valence-corrected chi connectivity index (χ4v) is 1.64. The summed E-state index contributed by atoms with van der Waals surface area (Å²) in [5.41, 5.74) is 0.154. The molecule has 9 heteroatoms. The van der Waals surface area contributed by atoms with Gasteiger partial charge in [0.1, 0.15) is 0 Å². The zero-order valence-corrected chi connectivity index (χ0v) is 10.2. The van der Waals surface area contributed by atoms with Crippen LogP contribution in [0, 0.1) is 0 Å². The Morgan fingerprint density at radius 2 is 2.11 bits per heavy atom. The molecule has 1 rings (SSSR count). The van der Waals surface area contributed by atoms with Crippen LogP contribution in [0.5, 0.6) is 11.6 Å². The Labute approximate surface area is 107 Å².